The maximum atomic E-state index is 12.0. The summed E-state index contributed by atoms with van der Waals surface area (Å²) in [6.45, 7) is 3.16. The highest BCUT2D eigenvalue weighted by atomic mass is 16.2. The van der Waals surface area contributed by atoms with Gasteiger partial charge in [0.2, 0.25) is 5.91 Å². The fourth-order valence-electron chi connectivity index (χ4n) is 3.18. The van der Waals surface area contributed by atoms with Gasteiger partial charge in [0.15, 0.2) is 0 Å². The van der Waals surface area contributed by atoms with Crippen molar-refractivity contribution in [2.24, 2.45) is 17.6 Å². The number of rotatable bonds is 3. The topological polar surface area (TPSA) is 55.1 Å². The lowest BCUT2D eigenvalue weighted by molar-refractivity contribution is -0.126. The van der Waals surface area contributed by atoms with Gasteiger partial charge in [0.25, 0.3) is 0 Å². The van der Waals surface area contributed by atoms with E-state index in [0.717, 1.165) is 38.1 Å². The summed E-state index contributed by atoms with van der Waals surface area (Å²) >= 11 is 0. The van der Waals surface area contributed by atoms with Crippen LogP contribution >= 0.6 is 0 Å². The molecule has 3 heteroatoms. The molecule has 3 N–H and O–H groups in total. The molecule has 0 atom stereocenters. The lowest BCUT2D eigenvalue weighted by Crippen LogP contribution is -2.52. The van der Waals surface area contributed by atoms with Crippen molar-refractivity contribution in [1.29, 1.82) is 0 Å². The first-order valence-electron chi connectivity index (χ1n) is 7.17. The van der Waals surface area contributed by atoms with Crippen molar-refractivity contribution in [2.75, 3.05) is 6.54 Å². The molecule has 0 heterocycles. The van der Waals surface area contributed by atoms with Crippen molar-refractivity contribution < 1.29 is 4.79 Å². The predicted octanol–water partition coefficient (Wildman–Crippen LogP) is 2.20. The van der Waals surface area contributed by atoms with E-state index < -0.39 is 5.54 Å². The van der Waals surface area contributed by atoms with Gasteiger partial charge in [-0.05, 0) is 37.5 Å². The molecule has 0 aliphatic heterocycles. The molecule has 0 aromatic carbocycles. The zero-order valence-electron chi connectivity index (χ0n) is 11.0. The van der Waals surface area contributed by atoms with Crippen LogP contribution in [0.15, 0.2) is 0 Å². The first-order chi connectivity index (χ1) is 8.10. The van der Waals surface area contributed by atoms with E-state index in [2.05, 4.69) is 12.2 Å². The molecule has 0 aromatic rings. The highest BCUT2D eigenvalue weighted by Gasteiger charge is 2.37. The number of carbonyl (C=O) groups is 1. The summed E-state index contributed by atoms with van der Waals surface area (Å²) in [5, 5.41) is 3.09. The SMILES string of the molecule is CC1CCC(CNC(=O)C2(N)CCCC2)CC1. The monoisotopic (exact) mass is 238 g/mol. The Hall–Kier alpha value is -0.570. The molecule has 0 bridgehead atoms. The second-order valence-electron chi connectivity index (χ2n) is 6.20. The van der Waals surface area contributed by atoms with Gasteiger partial charge < -0.3 is 11.1 Å². The summed E-state index contributed by atoms with van der Waals surface area (Å²) < 4.78 is 0. The van der Waals surface area contributed by atoms with Crippen molar-refractivity contribution in [3.05, 3.63) is 0 Å². The zero-order valence-corrected chi connectivity index (χ0v) is 11.0. The van der Waals surface area contributed by atoms with Gasteiger partial charge in [-0.25, -0.2) is 0 Å². The van der Waals surface area contributed by atoms with Crippen LogP contribution in [0.4, 0.5) is 0 Å². The van der Waals surface area contributed by atoms with Crippen molar-refractivity contribution in [3.8, 4) is 0 Å². The van der Waals surface area contributed by atoms with Crippen LogP contribution in [0.1, 0.15) is 58.3 Å². The third kappa shape index (κ3) is 3.21. The van der Waals surface area contributed by atoms with Crippen LogP contribution in [0.3, 0.4) is 0 Å². The second-order valence-corrected chi connectivity index (χ2v) is 6.20. The Balaban J connectivity index is 1.72. The summed E-state index contributed by atoms with van der Waals surface area (Å²) in [7, 11) is 0. The largest absolute Gasteiger partial charge is 0.354 e. The Morgan fingerprint density at radius 3 is 2.41 bits per heavy atom. The fourth-order valence-corrected chi connectivity index (χ4v) is 3.18. The lowest BCUT2D eigenvalue weighted by Gasteiger charge is -2.28. The van der Waals surface area contributed by atoms with Gasteiger partial charge in [-0.2, -0.15) is 0 Å². The fraction of sp³-hybridized carbons (Fsp3) is 0.929. The molecule has 0 radical (unpaired) electrons. The predicted molar refractivity (Wildman–Crippen MR) is 69.5 cm³/mol. The molecule has 17 heavy (non-hydrogen) atoms. The van der Waals surface area contributed by atoms with E-state index in [4.69, 9.17) is 5.73 Å². The van der Waals surface area contributed by atoms with E-state index in [0.29, 0.717) is 5.92 Å². The van der Waals surface area contributed by atoms with Crippen LogP contribution in [0, 0.1) is 11.8 Å². The minimum atomic E-state index is -0.554. The van der Waals surface area contributed by atoms with Gasteiger partial charge >= 0.3 is 0 Å². The van der Waals surface area contributed by atoms with Crippen LogP contribution in [-0.2, 0) is 4.79 Å². The number of hydrogen-bond acceptors (Lipinski definition) is 2. The van der Waals surface area contributed by atoms with Gasteiger partial charge in [-0.3, -0.25) is 4.79 Å². The molecule has 2 fully saturated rings. The van der Waals surface area contributed by atoms with Crippen LogP contribution in [0.25, 0.3) is 0 Å². The average Bonchev–Trinajstić information content (AvgIpc) is 2.76. The maximum Gasteiger partial charge on any atom is 0.240 e. The maximum absolute atomic E-state index is 12.0. The molecular weight excluding hydrogens is 212 g/mol. The van der Waals surface area contributed by atoms with E-state index in [1.807, 2.05) is 0 Å². The summed E-state index contributed by atoms with van der Waals surface area (Å²) in [6, 6.07) is 0. The lowest BCUT2D eigenvalue weighted by atomic mass is 9.83. The zero-order chi connectivity index (χ0) is 12.3. The molecule has 0 saturated heterocycles. The third-order valence-corrected chi connectivity index (χ3v) is 4.63. The Morgan fingerprint density at radius 2 is 1.82 bits per heavy atom. The molecule has 2 saturated carbocycles. The summed E-state index contributed by atoms with van der Waals surface area (Å²) in [5.41, 5.74) is 5.57. The Morgan fingerprint density at radius 1 is 1.24 bits per heavy atom. The molecule has 2 aliphatic rings. The minimum Gasteiger partial charge on any atom is -0.354 e. The van der Waals surface area contributed by atoms with Crippen molar-refractivity contribution >= 4 is 5.91 Å². The minimum absolute atomic E-state index is 0.0913. The van der Waals surface area contributed by atoms with Crippen molar-refractivity contribution in [1.82, 2.24) is 5.32 Å². The van der Waals surface area contributed by atoms with Gasteiger partial charge in [0, 0.05) is 6.54 Å². The standard InChI is InChI=1S/C14H26N2O/c1-11-4-6-12(7-5-11)10-16-13(17)14(15)8-2-3-9-14/h11-12H,2-10,15H2,1H3,(H,16,17). The molecular formula is C14H26N2O. The third-order valence-electron chi connectivity index (χ3n) is 4.63. The summed E-state index contributed by atoms with van der Waals surface area (Å²) in [6.07, 6.45) is 9.08. The highest BCUT2D eigenvalue weighted by Crippen LogP contribution is 2.29. The number of nitrogens with two attached hydrogens (primary N) is 1. The quantitative estimate of drug-likeness (QED) is 0.792. The molecule has 0 spiro atoms. The van der Waals surface area contributed by atoms with Crippen LogP contribution in [-0.4, -0.2) is 18.0 Å². The average molecular weight is 238 g/mol. The molecule has 2 rings (SSSR count). The van der Waals surface area contributed by atoms with Crippen molar-refractivity contribution in [3.63, 3.8) is 0 Å². The van der Waals surface area contributed by atoms with Gasteiger partial charge in [0.05, 0.1) is 5.54 Å². The van der Waals surface area contributed by atoms with Crippen LogP contribution < -0.4 is 11.1 Å². The number of amides is 1. The number of nitrogens with one attached hydrogen (secondary N) is 1. The smallest absolute Gasteiger partial charge is 0.240 e. The van der Waals surface area contributed by atoms with E-state index in [-0.39, 0.29) is 5.91 Å². The number of hydrogen-bond donors (Lipinski definition) is 2. The van der Waals surface area contributed by atoms with E-state index in [9.17, 15) is 4.79 Å². The molecule has 0 aromatic heterocycles. The summed E-state index contributed by atoms with van der Waals surface area (Å²) in [4.78, 5) is 12.0. The van der Waals surface area contributed by atoms with Gasteiger partial charge in [-0.1, -0.05) is 32.6 Å². The molecule has 0 unspecified atom stereocenters. The van der Waals surface area contributed by atoms with Crippen LogP contribution in [0.5, 0.6) is 0 Å². The van der Waals surface area contributed by atoms with Crippen LogP contribution in [0.2, 0.25) is 0 Å². The number of carbonyl (C=O) groups excluding carboxylic acids is 1. The Bertz CT molecular complexity index is 263. The first kappa shape index (κ1) is 12.9. The molecule has 98 valence electrons. The second kappa shape index (κ2) is 5.38. The van der Waals surface area contributed by atoms with Crippen molar-refractivity contribution in [2.45, 2.75) is 63.8 Å². The molecule has 3 nitrogen and oxygen atoms in total. The first-order valence-corrected chi connectivity index (χ1v) is 7.17. The Kier molecular flexibility index (Phi) is 4.08. The molecule has 1 amide bonds. The highest BCUT2D eigenvalue weighted by molar-refractivity contribution is 5.86. The Labute approximate surface area is 105 Å². The van der Waals surface area contributed by atoms with Gasteiger partial charge in [-0.15, -0.1) is 0 Å². The van der Waals surface area contributed by atoms with E-state index in [1.165, 1.54) is 25.7 Å². The molecule has 2 aliphatic carbocycles. The normalized spacial score (nSPS) is 32.4. The van der Waals surface area contributed by atoms with E-state index in [1.54, 1.807) is 0 Å². The van der Waals surface area contributed by atoms with E-state index >= 15 is 0 Å². The summed E-state index contributed by atoms with van der Waals surface area (Å²) in [5.74, 6) is 1.64. The van der Waals surface area contributed by atoms with Gasteiger partial charge in [0.1, 0.15) is 0 Å².